The van der Waals surface area contributed by atoms with Gasteiger partial charge in [0, 0.05) is 38.0 Å². The van der Waals surface area contributed by atoms with Crippen LogP contribution < -0.4 is 5.32 Å². The predicted octanol–water partition coefficient (Wildman–Crippen LogP) is 2.96. The third-order valence-corrected chi connectivity index (χ3v) is 6.06. The average molecular weight is 338 g/mol. The van der Waals surface area contributed by atoms with Crippen LogP contribution in [0.3, 0.4) is 0 Å². The first-order chi connectivity index (χ1) is 11.2. The first kappa shape index (κ1) is 16.7. The lowest BCUT2D eigenvalue weighted by Crippen LogP contribution is -2.46. The molecule has 1 saturated carbocycles. The number of nitrogens with zero attached hydrogens (tertiary/aromatic N) is 1. The lowest BCUT2D eigenvalue weighted by atomic mass is 9.92. The molecule has 0 saturated heterocycles. The molecule has 1 aliphatic heterocycles. The third-order valence-electron chi connectivity index (χ3n) is 5.06. The van der Waals surface area contributed by atoms with Gasteiger partial charge in [0.25, 0.3) is 0 Å². The van der Waals surface area contributed by atoms with E-state index in [1.54, 1.807) is 18.4 Å². The number of amides is 2. The number of ether oxygens (including phenoxy) is 2. The minimum absolute atomic E-state index is 0.00294. The Morgan fingerprint density at radius 1 is 1.43 bits per heavy atom. The van der Waals surface area contributed by atoms with Crippen molar-refractivity contribution in [2.45, 2.75) is 50.4 Å². The summed E-state index contributed by atoms with van der Waals surface area (Å²) in [6.07, 6.45) is 5.42. The molecule has 0 bridgehead atoms. The van der Waals surface area contributed by atoms with Crippen LogP contribution in [0.1, 0.15) is 42.2 Å². The van der Waals surface area contributed by atoms with Crippen LogP contribution in [-0.2, 0) is 15.9 Å². The molecule has 3 rings (SSSR count). The van der Waals surface area contributed by atoms with Crippen LogP contribution in [-0.4, -0.2) is 50.4 Å². The summed E-state index contributed by atoms with van der Waals surface area (Å²) in [6.45, 7) is 1.28. The molecule has 0 aromatic carbocycles. The highest BCUT2D eigenvalue weighted by Gasteiger charge is 2.27. The van der Waals surface area contributed by atoms with Gasteiger partial charge in [0.15, 0.2) is 0 Å². The molecule has 5 nitrogen and oxygen atoms in total. The predicted molar refractivity (Wildman–Crippen MR) is 90.9 cm³/mol. The zero-order valence-electron chi connectivity index (χ0n) is 13.9. The molecule has 1 aromatic heterocycles. The van der Waals surface area contributed by atoms with Crippen molar-refractivity contribution in [3.05, 3.63) is 21.9 Å². The van der Waals surface area contributed by atoms with Crippen LogP contribution in [0, 0.1) is 0 Å². The Balaban J connectivity index is 1.48. The maximum Gasteiger partial charge on any atom is 0.317 e. The average Bonchev–Trinajstić information content (AvgIpc) is 3.08. The summed E-state index contributed by atoms with van der Waals surface area (Å²) >= 11 is 1.78. The summed E-state index contributed by atoms with van der Waals surface area (Å²) in [6, 6.07) is 2.42. The number of rotatable bonds is 4. The standard InChI is InChI=1S/C17H26N2O3S/c1-19(12-3-5-13(21-2)6-4-12)17(20)18-11-15-14-8-10-23-16(14)7-9-22-15/h8,10,12-13,15H,3-7,9,11H2,1-2H3,(H,18,20)/t12?,13?,15-/m0/s1. The maximum atomic E-state index is 12.4. The van der Waals surface area contributed by atoms with Gasteiger partial charge >= 0.3 is 6.03 Å². The summed E-state index contributed by atoms with van der Waals surface area (Å²) in [5.74, 6) is 0. The van der Waals surface area contributed by atoms with Crippen molar-refractivity contribution >= 4 is 17.4 Å². The largest absolute Gasteiger partial charge is 0.381 e. The Kier molecular flexibility index (Phi) is 5.56. The second-order valence-electron chi connectivity index (χ2n) is 6.37. The normalized spacial score (nSPS) is 27.3. The zero-order valence-corrected chi connectivity index (χ0v) is 14.7. The van der Waals surface area contributed by atoms with Gasteiger partial charge in [-0.3, -0.25) is 0 Å². The van der Waals surface area contributed by atoms with Crippen molar-refractivity contribution in [3.63, 3.8) is 0 Å². The van der Waals surface area contributed by atoms with Crippen LogP contribution in [0.4, 0.5) is 4.79 Å². The highest BCUT2D eigenvalue weighted by Crippen LogP contribution is 2.30. The fourth-order valence-corrected chi connectivity index (χ4v) is 4.45. The highest BCUT2D eigenvalue weighted by atomic mass is 32.1. The second-order valence-corrected chi connectivity index (χ2v) is 7.37. The van der Waals surface area contributed by atoms with E-state index in [0.717, 1.165) is 38.7 Å². The minimum Gasteiger partial charge on any atom is -0.381 e. The number of methoxy groups -OCH3 is 1. The SMILES string of the molecule is COC1CCC(N(C)C(=O)NC[C@@H]2OCCc3sccc32)CC1. The van der Waals surface area contributed by atoms with Crippen molar-refractivity contribution < 1.29 is 14.3 Å². The summed E-state index contributed by atoms with van der Waals surface area (Å²) in [4.78, 5) is 15.7. The topological polar surface area (TPSA) is 50.8 Å². The van der Waals surface area contributed by atoms with E-state index in [4.69, 9.17) is 9.47 Å². The molecule has 0 spiro atoms. The fraction of sp³-hybridized carbons (Fsp3) is 0.706. The van der Waals surface area contributed by atoms with E-state index in [0.29, 0.717) is 18.7 Å². The molecular weight excluding hydrogens is 312 g/mol. The number of nitrogens with one attached hydrogen (secondary N) is 1. The first-order valence-electron chi connectivity index (χ1n) is 8.40. The zero-order chi connectivity index (χ0) is 16.2. The van der Waals surface area contributed by atoms with Gasteiger partial charge in [-0.05, 0) is 42.7 Å². The Labute approximate surface area is 142 Å². The first-order valence-corrected chi connectivity index (χ1v) is 9.28. The van der Waals surface area contributed by atoms with Crippen molar-refractivity contribution in [2.24, 2.45) is 0 Å². The molecule has 2 aliphatic rings. The van der Waals surface area contributed by atoms with Gasteiger partial charge in [-0.25, -0.2) is 4.79 Å². The van der Waals surface area contributed by atoms with Gasteiger partial charge in [-0.15, -0.1) is 11.3 Å². The molecule has 0 radical (unpaired) electrons. The van der Waals surface area contributed by atoms with E-state index in [2.05, 4.69) is 16.8 Å². The Morgan fingerprint density at radius 2 is 2.22 bits per heavy atom. The third kappa shape index (κ3) is 3.87. The Bertz CT molecular complexity index is 526. The number of urea groups is 1. The van der Waals surface area contributed by atoms with Gasteiger partial charge in [-0.1, -0.05) is 0 Å². The van der Waals surface area contributed by atoms with E-state index in [1.165, 1.54) is 10.4 Å². The molecule has 2 amide bonds. The molecule has 23 heavy (non-hydrogen) atoms. The summed E-state index contributed by atoms with van der Waals surface area (Å²) in [5, 5.41) is 5.15. The molecule has 128 valence electrons. The van der Waals surface area contributed by atoms with Crippen molar-refractivity contribution in [1.29, 1.82) is 0 Å². The molecule has 1 aromatic rings. The molecule has 0 unspecified atom stereocenters. The van der Waals surface area contributed by atoms with Crippen molar-refractivity contribution in [1.82, 2.24) is 10.2 Å². The molecule has 6 heteroatoms. The quantitative estimate of drug-likeness (QED) is 0.918. The van der Waals surface area contributed by atoms with Gasteiger partial charge in [-0.2, -0.15) is 0 Å². The summed E-state index contributed by atoms with van der Waals surface area (Å²) < 4.78 is 11.2. The smallest absolute Gasteiger partial charge is 0.317 e. The van der Waals surface area contributed by atoms with Gasteiger partial charge in [0.05, 0.1) is 12.7 Å². The number of hydrogen-bond donors (Lipinski definition) is 1. The second kappa shape index (κ2) is 7.64. The van der Waals surface area contributed by atoms with E-state index in [-0.39, 0.29) is 12.1 Å². The number of carbonyl (C=O) groups is 1. The van der Waals surface area contributed by atoms with Crippen LogP contribution in [0.2, 0.25) is 0 Å². The lowest BCUT2D eigenvalue weighted by molar-refractivity contribution is 0.0404. The van der Waals surface area contributed by atoms with E-state index >= 15 is 0 Å². The fourth-order valence-electron chi connectivity index (χ4n) is 3.53. The highest BCUT2D eigenvalue weighted by molar-refractivity contribution is 7.10. The Hall–Kier alpha value is -1.11. The van der Waals surface area contributed by atoms with Crippen molar-refractivity contribution in [3.8, 4) is 0 Å². The van der Waals surface area contributed by atoms with Crippen LogP contribution >= 0.6 is 11.3 Å². The molecule has 1 atom stereocenters. The summed E-state index contributed by atoms with van der Waals surface area (Å²) in [5.41, 5.74) is 1.24. The van der Waals surface area contributed by atoms with Gasteiger partial charge in [0.1, 0.15) is 6.10 Å². The van der Waals surface area contributed by atoms with Gasteiger partial charge in [0.2, 0.25) is 0 Å². The maximum absolute atomic E-state index is 12.4. The molecule has 2 heterocycles. The van der Waals surface area contributed by atoms with Crippen LogP contribution in [0.25, 0.3) is 0 Å². The number of hydrogen-bond acceptors (Lipinski definition) is 4. The van der Waals surface area contributed by atoms with E-state index in [9.17, 15) is 4.79 Å². The van der Waals surface area contributed by atoms with E-state index < -0.39 is 0 Å². The van der Waals surface area contributed by atoms with Crippen LogP contribution in [0.5, 0.6) is 0 Å². The number of carbonyl (C=O) groups excluding carboxylic acids is 1. The molecule has 1 aliphatic carbocycles. The minimum atomic E-state index is -0.00780. The van der Waals surface area contributed by atoms with E-state index in [1.807, 2.05) is 11.9 Å². The van der Waals surface area contributed by atoms with Crippen molar-refractivity contribution in [2.75, 3.05) is 27.3 Å². The monoisotopic (exact) mass is 338 g/mol. The van der Waals surface area contributed by atoms with Gasteiger partial charge < -0.3 is 19.7 Å². The lowest BCUT2D eigenvalue weighted by Gasteiger charge is -2.34. The molecular formula is C17H26N2O3S. The molecule has 1 fully saturated rings. The summed E-state index contributed by atoms with van der Waals surface area (Å²) in [7, 11) is 3.66. The number of thiophene rings is 1. The Morgan fingerprint density at radius 3 is 2.96 bits per heavy atom. The molecule has 1 N–H and O–H groups in total. The number of fused-ring (bicyclic) bond motifs is 1. The van der Waals surface area contributed by atoms with Crippen LogP contribution in [0.15, 0.2) is 11.4 Å².